The molecule has 4 rings (SSSR count). The lowest BCUT2D eigenvalue weighted by Gasteiger charge is -2.09. The molecule has 8 heteroatoms. The van der Waals surface area contributed by atoms with E-state index in [-0.39, 0.29) is 5.56 Å². The van der Waals surface area contributed by atoms with Crippen molar-refractivity contribution in [2.24, 2.45) is 0 Å². The number of hydrogen-bond donors (Lipinski definition) is 1. The fraction of sp³-hybridized carbons (Fsp3) is 0.353. The third-order valence-corrected chi connectivity index (χ3v) is 5.95. The van der Waals surface area contributed by atoms with Gasteiger partial charge in [0.25, 0.3) is 5.56 Å². The molecular formula is C17H16Cl2N4OS. The Bertz CT molecular complexity index is 1020. The summed E-state index contributed by atoms with van der Waals surface area (Å²) in [6.45, 7) is 0.634. The number of alkyl halides is 1. The minimum absolute atomic E-state index is 0.108. The molecule has 3 aromatic heterocycles. The van der Waals surface area contributed by atoms with Gasteiger partial charge in [-0.2, -0.15) is 5.10 Å². The van der Waals surface area contributed by atoms with Crippen LogP contribution in [0.15, 0.2) is 17.2 Å². The van der Waals surface area contributed by atoms with E-state index in [1.165, 1.54) is 16.9 Å². The van der Waals surface area contributed by atoms with Crippen LogP contribution in [0.5, 0.6) is 0 Å². The summed E-state index contributed by atoms with van der Waals surface area (Å²) in [5.74, 6) is 0.885. The summed E-state index contributed by atoms with van der Waals surface area (Å²) >= 11 is 13.7. The Morgan fingerprint density at radius 3 is 3.08 bits per heavy atom. The summed E-state index contributed by atoms with van der Waals surface area (Å²) < 4.78 is 1.75. The summed E-state index contributed by atoms with van der Waals surface area (Å²) in [6.07, 6.45) is 9.61. The van der Waals surface area contributed by atoms with Crippen LogP contribution in [0.3, 0.4) is 0 Å². The zero-order valence-corrected chi connectivity index (χ0v) is 15.7. The first-order valence-corrected chi connectivity index (χ1v) is 9.89. The summed E-state index contributed by atoms with van der Waals surface area (Å²) in [5.41, 5.74) is 1.90. The van der Waals surface area contributed by atoms with Gasteiger partial charge < -0.3 is 4.98 Å². The number of aromatic nitrogens is 4. The molecule has 0 spiro atoms. The van der Waals surface area contributed by atoms with Gasteiger partial charge in [-0.25, -0.2) is 4.98 Å². The average molecular weight is 395 g/mol. The molecule has 1 N–H and O–H groups in total. The predicted octanol–water partition coefficient (Wildman–Crippen LogP) is 4.04. The highest BCUT2D eigenvalue weighted by Crippen LogP contribution is 2.34. The third kappa shape index (κ3) is 3.26. The van der Waals surface area contributed by atoms with Gasteiger partial charge in [0, 0.05) is 22.5 Å². The van der Waals surface area contributed by atoms with Crippen molar-refractivity contribution in [1.82, 2.24) is 19.7 Å². The molecule has 3 aromatic rings. The Morgan fingerprint density at radius 2 is 2.24 bits per heavy atom. The van der Waals surface area contributed by atoms with Crippen molar-refractivity contribution in [2.45, 2.75) is 32.2 Å². The van der Waals surface area contributed by atoms with Crippen LogP contribution >= 0.6 is 34.5 Å². The Labute approximate surface area is 158 Å². The Morgan fingerprint density at radius 1 is 1.40 bits per heavy atom. The molecule has 0 aliphatic heterocycles. The fourth-order valence-corrected chi connectivity index (χ4v) is 4.81. The van der Waals surface area contributed by atoms with Crippen molar-refractivity contribution in [3.05, 3.63) is 44.6 Å². The molecule has 0 radical (unpaired) electrons. The first-order valence-electron chi connectivity index (χ1n) is 8.16. The van der Waals surface area contributed by atoms with Crippen LogP contribution in [0.1, 0.15) is 34.7 Å². The minimum atomic E-state index is -0.108. The van der Waals surface area contributed by atoms with Crippen LogP contribution in [0, 0.1) is 0 Å². The van der Waals surface area contributed by atoms with Crippen molar-refractivity contribution in [2.75, 3.05) is 5.88 Å². The molecule has 1 aliphatic rings. The van der Waals surface area contributed by atoms with Crippen molar-refractivity contribution in [3.8, 4) is 0 Å². The number of aromatic amines is 1. The molecular weight excluding hydrogens is 379 g/mol. The molecule has 0 fully saturated rings. The Kier molecular flexibility index (Phi) is 4.67. The molecule has 0 saturated carbocycles. The van der Waals surface area contributed by atoms with Crippen molar-refractivity contribution < 1.29 is 0 Å². The highest BCUT2D eigenvalue weighted by Gasteiger charge is 2.20. The molecule has 130 valence electrons. The van der Waals surface area contributed by atoms with Crippen LogP contribution in [0.2, 0.25) is 0 Å². The molecule has 5 nitrogen and oxygen atoms in total. The lowest BCUT2D eigenvalue weighted by Crippen LogP contribution is -2.12. The van der Waals surface area contributed by atoms with E-state index < -0.39 is 0 Å². The van der Waals surface area contributed by atoms with Gasteiger partial charge >= 0.3 is 0 Å². The van der Waals surface area contributed by atoms with E-state index in [4.69, 9.17) is 23.2 Å². The highest BCUT2D eigenvalue weighted by atomic mass is 35.5. The van der Waals surface area contributed by atoms with Gasteiger partial charge in [0.1, 0.15) is 4.83 Å². The second-order valence-electron chi connectivity index (χ2n) is 6.02. The summed E-state index contributed by atoms with van der Waals surface area (Å²) in [6, 6.07) is 0. The lowest BCUT2D eigenvalue weighted by atomic mass is 9.97. The third-order valence-electron chi connectivity index (χ3n) is 4.31. The summed E-state index contributed by atoms with van der Waals surface area (Å²) in [4.78, 5) is 22.1. The first-order chi connectivity index (χ1) is 12.2. The monoisotopic (exact) mass is 394 g/mol. The van der Waals surface area contributed by atoms with Crippen LogP contribution in [-0.4, -0.2) is 25.6 Å². The van der Waals surface area contributed by atoms with Crippen molar-refractivity contribution in [3.63, 3.8) is 0 Å². The quantitative estimate of drug-likeness (QED) is 0.679. The van der Waals surface area contributed by atoms with Gasteiger partial charge in [0.2, 0.25) is 0 Å². The Hall–Kier alpha value is -1.63. The van der Waals surface area contributed by atoms with Gasteiger partial charge in [0.05, 0.1) is 23.2 Å². The maximum absolute atomic E-state index is 12.6. The van der Waals surface area contributed by atoms with Crippen molar-refractivity contribution in [1.29, 1.82) is 0 Å². The van der Waals surface area contributed by atoms with E-state index in [0.717, 1.165) is 35.0 Å². The van der Waals surface area contributed by atoms with Gasteiger partial charge in [-0.15, -0.1) is 22.9 Å². The molecule has 1 aliphatic carbocycles. The summed E-state index contributed by atoms with van der Waals surface area (Å²) in [7, 11) is 0. The van der Waals surface area contributed by atoms with E-state index in [1.807, 2.05) is 6.20 Å². The number of rotatable bonds is 4. The molecule has 3 heterocycles. The fourth-order valence-electron chi connectivity index (χ4n) is 3.15. The first kappa shape index (κ1) is 16.8. The van der Waals surface area contributed by atoms with E-state index in [2.05, 4.69) is 15.1 Å². The second-order valence-corrected chi connectivity index (χ2v) is 7.89. The lowest BCUT2D eigenvalue weighted by molar-refractivity contribution is 0.664. The van der Waals surface area contributed by atoms with Gasteiger partial charge in [-0.05, 0) is 37.3 Å². The van der Waals surface area contributed by atoms with Gasteiger partial charge in [-0.1, -0.05) is 11.6 Å². The SMILES string of the molecule is O=c1[nH]c(C(Cl)=Cc2cnn(CCCl)c2)nc2sc3c(c12)CCCC3. The Balaban J connectivity index is 1.73. The average Bonchev–Trinajstić information content (AvgIpc) is 3.19. The number of halogens is 2. The smallest absolute Gasteiger partial charge is 0.260 e. The summed E-state index contributed by atoms with van der Waals surface area (Å²) in [5, 5.41) is 5.33. The number of hydrogen-bond acceptors (Lipinski definition) is 4. The number of nitrogens with zero attached hydrogens (tertiary/aromatic N) is 3. The van der Waals surface area contributed by atoms with Crippen LogP contribution in [0.25, 0.3) is 21.3 Å². The van der Waals surface area contributed by atoms with E-state index >= 15 is 0 Å². The molecule has 25 heavy (non-hydrogen) atoms. The van der Waals surface area contributed by atoms with Crippen molar-refractivity contribution >= 4 is 55.9 Å². The van der Waals surface area contributed by atoms with Crippen LogP contribution in [0.4, 0.5) is 0 Å². The molecule has 0 unspecified atom stereocenters. The zero-order chi connectivity index (χ0) is 17.4. The minimum Gasteiger partial charge on any atom is -0.305 e. The maximum Gasteiger partial charge on any atom is 0.260 e. The highest BCUT2D eigenvalue weighted by molar-refractivity contribution is 7.18. The topological polar surface area (TPSA) is 63.6 Å². The number of aryl methyl sites for hydroxylation is 3. The standard InChI is InChI=1S/C17H16Cl2N4OS/c18-5-6-23-9-10(8-20-23)7-12(19)15-21-16(24)14-11-3-1-2-4-13(11)25-17(14)22-15/h7-9H,1-6H2,(H,21,22,24). The van der Waals surface area contributed by atoms with E-state index in [9.17, 15) is 4.79 Å². The van der Waals surface area contributed by atoms with Crippen LogP contribution in [-0.2, 0) is 19.4 Å². The second kappa shape index (κ2) is 6.94. The van der Waals surface area contributed by atoms with Crippen LogP contribution < -0.4 is 5.56 Å². The molecule has 0 aromatic carbocycles. The maximum atomic E-state index is 12.6. The predicted molar refractivity (Wildman–Crippen MR) is 104 cm³/mol. The number of nitrogens with one attached hydrogen (secondary N) is 1. The number of fused-ring (bicyclic) bond motifs is 3. The van der Waals surface area contributed by atoms with Gasteiger partial charge in [-0.3, -0.25) is 9.48 Å². The van der Waals surface area contributed by atoms with E-state index in [1.54, 1.807) is 28.3 Å². The largest absolute Gasteiger partial charge is 0.305 e. The number of H-pyrrole nitrogens is 1. The normalized spacial score (nSPS) is 14.9. The molecule has 0 bridgehead atoms. The molecule has 0 amide bonds. The zero-order valence-electron chi connectivity index (χ0n) is 13.4. The number of thiophene rings is 1. The van der Waals surface area contributed by atoms with E-state index in [0.29, 0.717) is 23.3 Å². The molecule has 0 saturated heterocycles. The molecule has 0 atom stereocenters. The van der Waals surface area contributed by atoms with Gasteiger partial charge in [0.15, 0.2) is 5.82 Å².